The average Bonchev–Trinajstić information content (AvgIpc) is 2.96. The van der Waals surface area contributed by atoms with E-state index in [1.165, 1.54) is 5.56 Å². The van der Waals surface area contributed by atoms with Crippen LogP contribution in [-0.2, 0) is 17.8 Å². The minimum absolute atomic E-state index is 0.00478. The molecule has 0 saturated heterocycles. The third-order valence-electron chi connectivity index (χ3n) is 7.28. The molecule has 0 radical (unpaired) electrons. The summed E-state index contributed by atoms with van der Waals surface area (Å²) in [4.78, 5) is 30.5. The molecule has 0 fully saturated rings. The van der Waals surface area contributed by atoms with E-state index in [4.69, 9.17) is 4.74 Å². The van der Waals surface area contributed by atoms with Crippen molar-refractivity contribution in [3.8, 4) is 5.75 Å². The summed E-state index contributed by atoms with van der Waals surface area (Å²) >= 11 is 0. The number of carbonyl (C=O) groups is 2. The van der Waals surface area contributed by atoms with Crippen LogP contribution in [-0.4, -0.2) is 41.3 Å². The molecule has 2 amide bonds. The van der Waals surface area contributed by atoms with Crippen LogP contribution < -0.4 is 4.74 Å². The Labute approximate surface area is 230 Å². The molecule has 5 heteroatoms. The summed E-state index contributed by atoms with van der Waals surface area (Å²) in [6.45, 7) is 4.99. The van der Waals surface area contributed by atoms with E-state index in [1.807, 2.05) is 83.8 Å². The Kier molecular flexibility index (Phi) is 7.78. The predicted molar refractivity (Wildman–Crippen MR) is 154 cm³/mol. The van der Waals surface area contributed by atoms with Crippen molar-refractivity contribution in [2.75, 3.05) is 13.6 Å². The molecule has 0 aliphatic carbocycles. The maximum absolute atomic E-state index is 13.7. The van der Waals surface area contributed by atoms with Crippen molar-refractivity contribution in [2.24, 2.45) is 0 Å². The monoisotopic (exact) mass is 518 g/mol. The first-order valence-electron chi connectivity index (χ1n) is 13.4. The molecule has 1 aliphatic heterocycles. The minimum Gasteiger partial charge on any atom is -0.481 e. The summed E-state index contributed by atoms with van der Waals surface area (Å²) in [6, 6.07) is 33.4. The first-order valence-corrected chi connectivity index (χ1v) is 13.4. The van der Waals surface area contributed by atoms with E-state index in [-0.39, 0.29) is 17.9 Å². The fraction of sp³-hybridized carbons (Fsp3) is 0.235. The highest BCUT2D eigenvalue weighted by molar-refractivity contribution is 5.95. The number of benzene rings is 4. The lowest BCUT2D eigenvalue weighted by Crippen LogP contribution is -2.41. The van der Waals surface area contributed by atoms with Crippen LogP contribution in [0.5, 0.6) is 5.75 Å². The van der Waals surface area contributed by atoms with Gasteiger partial charge in [-0.3, -0.25) is 9.59 Å². The summed E-state index contributed by atoms with van der Waals surface area (Å²) in [5.74, 6) is 0.534. The number of likely N-dealkylation sites (N-methyl/N-ethyl adjacent to an activating group) is 1. The van der Waals surface area contributed by atoms with Crippen molar-refractivity contribution < 1.29 is 14.3 Å². The summed E-state index contributed by atoms with van der Waals surface area (Å²) in [5, 5.41) is 0. The van der Waals surface area contributed by atoms with Crippen LogP contribution >= 0.6 is 0 Å². The van der Waals surface area contributed by atoms with Crippen LogP contribution in [0.1, 0.15) is 51.1 Å². The number of amides is 2. The molecule has 0 N–H and O–H groups in total. The van der Waals surface area contributed by atoms with Crippen LogP contribution in [0.25, 0.3) is 0 Å². The Bertz CT molecular complexity index is 1450. The molecule has 4 aromatic carbocycles. The molecule has 5 rings (SSSR count). The number of aryl methyl sites for hydroxylation is 1. The molecule has 4 aromatic rings. The van der Waals surface area contributed by atoms with Gasteiger partial charge in [-0.15, -0.1) is 0 Å². The van der Waals surface area contributed by atoms with Gasteiger partial charge in [-0.1, -0.05) is 84.4 Å². The van der Waals surface area contributed by atoms with Gasteiger partial charge in [0.1, 0.15) is 5.75 Å². The quantitative estimate of drug-likeness (QED) is 0.292. The highest BCUT2D eigenvalue weighted by Gasteiger charge is 2.33. The number of ether oxygens (including phenoxy) is 1. The maximum Gasteiger partial charge on any atom is 0.263 e. The first-order chi connectivity index (χ1) is 18.9. The zero-order valence-corrected chi connectivity index (χ0v) is 22.7. The molecule has 198 valence electrons. The smallest absolute Gasteiger partial charge is 0.263 e. The second-order valence-electron chi connectivity index (χ2n) is 10.2. The Morgan fingerprint density at radius 1 is 0.923 bits per heavy atom. The standard InChI is InChI=1S/C34H34N2O3/c1-24-11-10-16-29(21-24)32-31-22-30(39-25(2)33(37)35(3)23-26-12-6-4-7-13-26)18-17-27(31)19-20-36(32)34(38)28-14-8-5-9-15-28/h4-18,21-22,25,32H,19-20,23H2,1-3H3. The molecular weight excluding hydrogens is 484 g/mol. The van der Waals surface area contributed by atoms with E-state index in [0.717, 1.165) is 28.7 Å². The lowest BCUT2D eigenvalue weighted by atomic mass is 9.87. The number of nitrogens with zero attached hydrogens (tertiary/aromatic N) is 2. The number of hydrogen-bond donors (Lipinski definition) is 0. The van der Waals surface area contributed by atoms with E-state index in [0.29, 0.717) is 24.4 Å². The average molecular weight is 519 g/mol. The van der Waals surface area contributed by atoms with Crippen molar-refractivity contribution in [3.63, 3.8) is 0 Å². The minimum atomic E-state index is -0.653. The van der Waals surface area contributed by atoms with E-state index in [9.17, 15) is 9.59 Å². The fourth-order valence-corrected chi connectivity index (χ4v) is 5.33. The van der Waals surface area contributed by atoms with Crippen LogP contribution in [0, 0.1) is 6.92 Å². The normalized spacial score (nSPS) is 15.3. The summed E-state index contributed by atoms with van der Waals surface area (Å²) < 4.78 is 6.19. The van der Waals surface area contributed by atoms with Crippen molar-refractivity contribution in [3.05, 3.63) is 137 Å². The number of rotatable bonds is 7. The van der Waals surface area contributed by atoms with Gasteiger partial charge in [0.25, 0.3) is 11.8 Å². The fourth-order valence-electron chi connectivity index (χ4n) is 5.33. The van der Waals surface area contributed by atoms with Crippen LogP contribution in [0.3, 0.4) is 0 Å². The molecule has 39 heavy (non-hydrogen) atoms. The highest BCUT2D eigenvalue weighted by atomic mass is 16.5. The molecule has 0 spiro atoms. The maximum atomic E-state index is 13.7. The van der Waals surface area contributed by atoms with E-state index < -0.39 is 6.10 Å². The molecule has 2 unspecified atom stereocenters. The van der Waals surface area contributed by atoms with Gasteiger partial charge in [0.2, 0.25) is 0 Å². The third-order valence-corrected chi connectivity index (χ3v) is 7.28. The Morgan fingerprint density at radius 2 is 1.64 bits per heavy atom. The number of hydrogen-bond acceptors (Lipinski definition) is 3. The Hall–Kier alpha value is -4.38. The molecular formula is C34H34N2O3. The number of carbonyl (C=O) groups excluding carboxylic acids is 2. The zero-order valence-electron chi connectivity index (χ0n) is 22.7. The van der Waals surface area contributed by atoms with Crippen molar-refractivity contribution in [1.29, 1.82) is 0 Å². The van der Waals surface area contributed by atoms with Gasteiger partial charge in [-0.2, -0.15) is 0 Å². The van der Waals surface area contributed by atoms with Crippen molar-refractivity contribution >= 4 is 11.8 Å². The molecule has 2 atom stereocenters. The Balaban J connectivity index is 1.43. The van der Waals surface area contributed by atoms with Crippen LogP contribution in [0.4, 0.5) is 0 Å². The lowest BCUT2D eigenvalue weighted by molar-refractivity contribution is -0.137. The summed E-state index contributed by atoms with van der Waals surface area (Å²) in [5.41, 5.74) is 6.16. The van der Waals surface area contributed by atoms with Gasteiger partial charge in [-0.25, -0.2) is 0 Å². The molecule has 0 saturated carbocycles. The SMILES string of the molecule is Cc1cccc(C2c3cc(OC(C)C(=O)N(C)Cc4ccccc4)ccc3CCN2C(=O)c2ccccc2)c1. The number of fused-ring (bicyclic) bond motifs is 1. The summed E-state index contributed by atoms with van der Waals surface area (Å²) in [6.07, 6.45) is 0.102. The first kappa shape index (κ1) is 26.2. The topological polar surface area (TPSA) is 49.9 Å². The van der Waals surface area contributed by atoms with Gasteiger partial charge in [0.05, 0.1) is 6.04 Å². The van der Waals surface area contributed by atoms with Crippen molar-refractivity contribution in [2.45, 2.75) is 39.0 Å². The van der Waals surface area contributed by atoms with Crippen LogP contribution in [0.15, 0.2) is 103 Å². The van der Waals surface area contributed by atoms with Crippen LogP contribution in [0.2, 0.25) is 0 Å². The zero-order chi connectivity index (χ0) is 27.4. The Morgan fingerprint density at radius 3 is 2.36 bits per heavy atom. The highest BCUT2D eigenvalue weighted by Crippen LogP contribution is 2.38. The van der Waals surface area contributed by atoms with Gasteiger partial charge >= 0.3 is 0 Å². The van der Waals surface area contributed by atoms with Gasteiger partial charge < -0.3 is 14.5 Å². The predicted octanol–water partition coefficient (Wildman–Crippen LogP) is 6.21. The second-order valence-corrected chi connectivity index (χ2v) is 10.2. The molecule has 1 heterocycles. The second kappa shape index (κ2) is 11.6. The summed E-state index contributed by atoms with van der Waals surface area (Å²) in [7, 11) is 1.79. The molecule has 0 bridgehead atoms. The third kappa shape index (κ3) is 5.88. The van der Waals surface area contributed by atoms with E-state index >= 15 is 0 Å². The molecule has 0 aromatic heterocycles. The van der Waals surface area contributed by atoms with E-state index in [2.05, 4.69) is 31.2 Å². The molecule has 1 aliphatic rings. The van der Waals surface area contributed by atoms with E-state index in [1.54, 1.807) is 18.9 Å². The lowest BCUT2D eigenvalue weighted by Gasteiger charge is -2.38. The molecule has 5 nitrogen and oxygen atoms in total. The van der Waals surface area contributed by atoms with Gasteiger partial charge in [0, 0.05) is 25.7 Å². The van der Waals surface area contributed by atoms with Gasteiger partial charge in [-0.05, 0) is 66.8 Å². The largest absolute Gasteiger partial charge is 0.481 e. The van der Waals surface area contributed by atoms with Gasteiger partial charge in [0.15, 0.2) is 6.10 Å². The van der Waals surface area contributed by atoms with Crippen molar-refractivity contribution in [1.82, 2.24) is 9.80 Å².